The second kappa shape index (κ2) is 6.36. The van der Waals surface area contributed by atoms with Gasteiger partial charge in [-0.05, 0) is 26.8 Å². The monoisotopic (exact) mass is 278 g/mol. The van der Waals surface area contributed by atoms with Crippen LogP contribution in [0.15, 0.2) is 18.5 Å². The van der Waals surface area contributed by atoms with Crippen LogP contribution in [0.25, 0.3) is 6.08 Å². The third-order valence-electron chi connectivity index (χ3n) is 2.41. The lowest BCUT2D eigenvalue weighted by atomic mass is 10.1. The Morgan fingerprint density at radius 1 is 1.45 bits per heavy atom. The highest BCUT2D eigenvalue weighted by Gasteiger charge is 2.16. The van der Waals surface area contributed by atoms with Gasteiger partial charge in [0.15, 0.2) is 0 Å². The van der Waals surface area contributed by atoms with E-state index in [-0.39, 0.29) is 23.9 Å². The van der Waals surface area contributed by atoms with Crippen LogP contribution in [-0.4, -0.2) is 45.6 Å². The summed E-state index contributed by atoms with van der Waals surface area (Å²) < 4.78 is 1.66. The molecule has 0 spiro atoms. The van der Waals surface area contributed by atoms with Gasteiger partial charge < -0.3 is 10.2 Å². The quantitative estimate of drug-likeness (QED) is 0.829. The van der Waals surface area contributed by atoms with E-state index in [0.717, 1.165) is 5.56 Å². The zero-order valence-corrected chi connectivity index (χ0v) is 12.7. The van der Waals surface area contributed by atoms with Crippen molar-refractivity contribution >= 4 is 17.9 Å². The summed E-state index contributed by atoms with van der Waals surface area (Å²) in [5.74, 6) is -0.402. The standard InChI is InChI=1S/C14H22N4O2/c1-14(2,3)16-12(19)10-17(4)13(20)7-6-11-8-15-18(5)9-11/h6-9H,10H2,1-5H3,(H,16,19)/b7-6+. The Hall–Kier alpha value is -2.11. The molecule has 0 saturated carbocycles. The van der Waals surface area contributed by atoms with Gasteiger partial charge >= 0.3 is 0 Å². The summed E-state index contributed by atoms with van der Waals surface area (Å²) in [6, 6.07) is 0. The van der Waals surface area contributed by atoms with Crippen LogP contribution < -0.4 is 5.32 Å². The minimum absolute atomic E-state index is 0.0352. The second-order valence-corrected chi connectivity index (χ2v) is 5.77. The van der Waals surface area contributed by atoms with E-state index in [1.165, 1.54) is 11.0 Å². The SMILES string of the molecule is CN(CC(=O)NC(C)(C)C)C(=O)/C=C/c1cnn(C)c1. The lowest BCUT2D eigenvalue weighted by Gasteiger charge is -2.22. The smallest absolute Gasteiger partial charge is 0.246 e. The summed E-state index contributed by atoms with van der Waals surface area (Å²) in [6.07, 6.45) is 6.57. The molecule has 1 heterocycles. The fourth-order valence-corrected chi connectivity index (χ4v) is 1.57. The van der Waals surface area contributed by atoms with Crippen molar-refractivity contribution in [1.29, 1.82) is 0 Å². The van der Waals surface area contributed by atoms with Gasteiger partial charge in [0.25, 0.3) is 0 Å². The average Bonchev–Trinajstić information content (AvgIpc) is 2.69. The zero-order valence-electron chi connectivity index (χ0n) is 12.7. The average molecular weight is 278 g/mol. The molecule has 0 aromatic carbocycles. The molecule has 0 aliphatic rings. The summed E-state index contributed by atoms with van der Waals surface area (Å²) in [6.45, 7) is 5.73. The first-order chi connectivity index (χ1) is 9.17. The van der Waals surface area contributed by atoms with Gasteiger partial charge in [0.1, 0.15) is 0 Å². The molecule has 0 aliphatic carbocycles. The maximum atomic E-state index is 11.9. The molecule has 6 nitrogen and oxygen atoms in total. The molecular formula is C14H22N4O2. The predicted molar refractivity (Wildman–Crippen MR) is 77.8 cm³/mol. The van der Waals surface area contributed by atoms with Gasteiger partial charge in [0, 0.05) is 37.5 Å². The number of carbonyl (C=O) groups is 2. The Morgan fingerprint density at radius 2 is 2.10 bits per heavy atom. The first kappa shape index (κ1) is 15.9. The van der Waals surface area contributed by atoms with Gasteiger partial charge in [-0.15, -0.1) is 0 Å². The lowest BCUT2D eigenvalue weighted by molar-refractivity contribution is -0.131. The number of carbonyl (C=O) groups excluding carboxylic acids is 2. The number of likely N-dealkylation sites (N-methyl/N-ethyl adjacent to an activating group) is 1. The maximum absolute atomic E-state index is 11.9. The number of amides is 2. The third-order valence-corrected chi connectivity index (χ3v) is 2.41. The molecule has 0 bridgehead atoms. The van der Waals surface area contributed by atoms with Gasteiger partial charge in [-0.3, -0.25) is 14.3 Å². The second-order valence-electron chi connectivity index (χ2n) is 5.77. The van der Waals surface area contributed by atoms with Crippen LogP contribution in [0.4, 0.5) is 0 Å². The maximum Gasteiger partial charge on any atom is 0.246 e. The minimum atomic E-state index is -0.299. The molecule has 110 valence electrons. The minimum Gasteiger partial charge on any atom is -0.350 e. The molecule has 6 heteroatoms. The van der Waals surface area contributed by atoms with E-state index in [0.29, 0.717) is 0 Å². The fourth-order valence-electron chi connectivity index (χ4n) is 1.57. The Bertz CT molecular complexity index is 511. The molecule has 0 unspecified atom stereocenters. The molecule has 0 fully saturated rings. The molecule has 1 aromatic heterocycles. The number of aromatic nitrogens is 2. The van der Waals surface area contributed by atoms with Crippen molar-refractivity contribution in [3.8, 4) is 0 Å². The van der Waals surface area contributed by atoms with E-state index in [4.69, 9.17) is 0 Å². The molecule has 1 rings (SSSR count). The lowest BCUT2D eigenvalue weighted by Crippen LogP contribution is -2.46. The number of nitrogens with zero attached hydrogens (tertiary/aromatic N) is 3. The molecule has 0 aliphatic heterocycles. The fraction of sp³-hybridized carbons (Fsp3) is 0.500. The van der Waals surface area contributed by atoms with E-state index in [1.807, 2.05) is 27.8 Å². The van der Waals surface area contributed by atoms with Crippen molar-refractivity contribution in [3.05, 3.63) is 24.0 Å². The molecule has 20 heavy (non-hydrogen) atoms. The molecule has 2 amide bonds. The summed E-state index contributed by atoms with van der Waals surface area (Å²) in [5.41, 5.74) is 0.542. The van der Waals surface area contributed by atoms with Crippen LogP contribution in [0.1, 0.15) is 26.3 Å². The van der Waals surface area contributed by atoms with Crippen molar-refractivity contribution < 1.29 is 9.59 Å². The van der Waals surface area contributed by atoms with Crippen molar-refractivity contribution in [2.45, 2.75) is 26.3 Å². The topological polar surface area (TPSA) is 67.2 Å². The van der Waals surface area contributed by atoms with Crippen LogP contribution >= 0.6 is 0 Å². The largest absolute Gasteiger partial charge is 0.350 e. The van der Waals surface area contributed by atoms with Gasteiger partial charge in [0.2, 0.25) is 11.8 Å². The number of aryl methyl sites for hydroxylation is 1. The van der Waals surface area contributed by atoms with Crippen LogP contribution in [0, 0.1) is 0 Å². The summed E-state index contributed by atoms with van der Waals surface area (Å²) in [4.78, 5) is 24.9. The molecule has 1 N–H and O–H groups in total. The number of rotatable bonds is 4. The Labute approximate surface area is 119 Å². The summed E-state index contributed by atoms with van der Waals surface area (Å²) in [5, 5.41) is 6.82. The van der Waals surface area contributed by atoms with Crippen molar-refractivity contribution in [3.63, 3.8) is 0 Å². The molecule has 1 aromatic rings. The Kier molecular flexibility index (Phi) is 5.07. The Balaban J connectivity index is 2.51. The van der Waals surface area contributed by atoms with E-state index in [2.05, 4.69) is 10.4 Å². The van der Waals surface area contributed by atoms with Crippen molar-refractivity contribution in [2.75, 3.05) is 13.6 Å². The van der Waals surface area contributed by atoms with Crippen molar-refractivity contribution in [2.24, 2.45) is 7.05 Å². The van der Waals surface area contributed by atoms with Crippen LogP contribution in [0.3, 0.4) is 0 Å². The Morgan fingerprint density at radius 3 is 2.60 bits per heavy atom. The number of nitrogens with one attached hydrogen (secondary N) is 1. The van der Waals surface area contributed by atoms with E-state index < -0.39 is 0 Å². The van der Waals surface area contributed by atoms with E-state index >= 15 is 0 Å². The van der Waals surface area contributed by atoms with E-state index in [9.17, 15) is 9.59 Å². The highest BCUT2D eigenvalue weighted by Crippen LogP contribution is 2.01. The van der Waals surface area contributed by atoms with Crippen LogP contribution in [-0.2, 0) is 16.6 Å². The van der Waals surface area contributed by atoms with Crippen LogP contribution in [0.5, 0.6) is 0 Å². The predicted octanol–water partition coefficient (Wildman–Crippen LogP) is 0.806. The third kappa shape index (κ3) is 5.69. The summed E-state index contributed by atoms with van der Waals surface area (Å²) in [7, 11) is 3.40. The van der Waals surface area contributed by atoms with Crippen molar-refractivity contribution in [1.82, 2.24) is 20.0 Å². The van der Waals surface area contributed by atoms with Gasteiger partial charge in [-0.1, -0.05) is 0 Å². The van der Waals surface area contributed by atoms with Gasteiger partial charge in [-0.2, -0.15) is 5.10 Å². The molecule has 0 radical (unpaired) electrons. The van der Waals surface area contributed by atoms with E-state index in [1.54, 1.807) is 30.2 Å². The van der Waals surface area contributed by atoms with Crippen LogP contribution in [0.2, 0.25) is 0 Å². The van der Waals surface area contributed by atoms with Gasteiger partial charge in [0.05, 0.1) is 12.7 Å². The first-order valence-corrected chi connectivity index (χ1v) is 6.40. The normalized spacial score (nSPS) is 11.7. The van der Waals surface area contributed by atoms with Gasteiger partial charge in [-0.25, -0.2) is 0 Å². The first-order valence-electron chi connectivity index (χ1n) is 6.40. The molecule has 0 saturated heterocycles. The zero-order chi connectivity index (χ0) is 15.3. The molecule has 0 atom stereocenters. The number of hydrogen-bond acceptors (Lipinski definition) is 3. The number of hydrogen-bond donors (Lipinski definition) is 1. The highest BCUT2D eigenvalue weighted by atomic mass is 16.2. The summed E-state index contributed by atoms with van der Waals surface area (Å²) >= 11 is 0. The highest BCUT2D eigenvalue weighted by molar-refractivity contribution is 5.94. The molecular weight excluding hydrogens is 256 g/mol.